The van der Waals surface area contributed by atoms with E-state index in [1.165, 1.54) is 40.8 Å². The highest BCUT2D eigenvalue weighted by Crippen LogP contribution is 2.37. The minimum absolute atomic E-state index is 0.0960. The first-order chi connectivity index (χ1) is 9.83. The van der Waals surface area contributed by atoms with Gasteiger partial charge in [-0.1, -0.05) is 24.3 Å². The molecule has 0 amide bonds. The molecule has 20 heavy (non-hydrogen) atoms. The van der Waals surface area contributed by atoms with Gasteiger partial charge in [0.15, 0.2) is 5.78 Å². The number of hydrogen-bond acceptors (Lipinski definition) is 2. The van der Waals surface area contributed by atoms with Crippen LogP contribution in [0.1, 0.15) is 56.4 Å². The van der Waals surface area contributed by atoms with Gasteiger partial charge in [-0.15, -0.1) is 11.3 Å². The van der Waals surface area contributed by atoms with Gasteiger partial charge in [-0.3, -0.25) is 4.79 Å². The van der Waals surface area contributed by atoms with Crippen LogP contribution in [0.15, 0.2) is 30.3 Å². The molecule has 0 aliphatic heterocycles. The Balaban J connectivity index is 1.69. The highest BCUT2D eigenvalue weighted by atomic mass is 32.1. The van der Waals surface area contributed by atoms with Crippen molar-refractivity contribution in [2.45, 2.75) is 44.4 Å². The quantitative estimate of drug-likeness (QED) is 0.739. The van der Waals surface area contributed by atoms with E-state index < -0.39 is 0 Å². The van der Waals surface area contributed by atoms with Crippen molar-refractivity contribution in [3.8, 4) is 0 Å². The molecule has 0 saturated carbocycles. The van der Waals surface area contributed by atoms with Crippen molar-refractivity contribution >= 4 is 17.1 Å². The third-order valence-electron chi connectivity index (χ3n) is 4.68. The molecule has 0 saturated heterocycles. The maximum atomic E-state index is 12.9. The summed E-state index contributed by atoms with van der Waals surface area (Å²) in [5.74, 6) is 0.454. The number of carbonyl (C=O) groups excluding carboxylic acids is 1. The Labute approximate surface area is 123 Å². The van der Waals surface area contributed by atoms with Crippen LogP contribution in [-0.4, -0.2) is 5.78 Å². The van der Waals surface area contributed by atoms with Gasteiger partial charge in [0, 0.05) is 10.8 Å². The van der Waals surface area contributed by atoms with Crippen LogP contribution in [0, 0.1) is 0 Å². The molecule has 1 aromatic heterocycles. The number of rotatable bonds is 2. The Bertz CT molecular complexity index is 646. The second-order valence-corrected chi connectivity index (χ2v) is 7.06. The monoisotopic (exact) mass is 282 g/mol. The molecule has 2 aliphatic rings. The Kier molecular flexibility index (Phi) is 2.99. The second-order valence-electron chi connectivity index (χ2n) is 5.92. The molecule has 0 spiro atoms. The van der Waals surface area contributed by atoms with E-state index in [2.05, 4.69) is 30.3 Å². The van der Waals surface area contributed by atoms with E-state index in [9.17, 15) is 4.79 Å². The van der Waals surface area contributed by atoms with E-state index in [4.69, 9.17) is 0 Å². The summed E-state index contributed by atoms with van der Waals surface area (Å²) in [7, 11) is 0. The molecule has 1 aromatic carbocycles. The molecule has 0 N–H and O–H groups in total. The van der Waals surface area contributed by atoms with Crippen molar-refractivity contribution in [1.29, 1.82) is 0 Å². The Morgan fingerprint density at radius 2 is 1.90 bits per heavy atom. The summed E-state index contributed by atoms with van der Waals surface area (Å²) in [6, 6.07) is 10.7. The van der Waals surface area contributed by atoms with Crippen LogP contribution in [0.3, 0.4) is 0 Å². The number of benzene rings is 1. The predicted octanol–water partition coefficient (Wildman–Crippen LogP) is 4.54. The Hall–Kier alpha value is -1.41. The van der Waals surface area contributed by atoms with Gasteiger partial charge in [-0.25, -0.2) is 0 Å². The molecular formula is C18H18OS. The molecule has 1 unspecified atom stereocenters. The molecule has 102 valence electrons. The van der Waals surface area contributed by atoms with E-state index in [1.807, 2.05) is 0 Å². The van der Waals surface area contributed by atoms with Crippen LogP contribution < -0.4 is 0 Å². The van der Waals surface area contributed by atoms with Gasteiger partial charge in [-0.05, 0) is 61.3 Å². The first kappa shape index (κ1) is 12.3. The zero-order chi connectivity index (χ0) is 13.5. The molecule has 0 bridgehead atoms. The lowest BCUT2D eigenvalue weighted by Gasteiger charge is -2.23. The van der Waals surface area contributed by atoms with E-state index in [-0.39, 0.29) is 5.92 Å². The number of aryl methyl sites for hydroxylation is 3. The van der Waals surface area contributed by atoms with Crippen molar-refractivity contribution in [3.63, 3.8) is 0 Å². The van der Waals surface area contributed by atoms with E-state index >= 15 is 0 Å². The lowest BCUT2D eigenvalue weighted by atomic mass is 9.80. The summed E-state index contributed by atoms with van der Waals surface area (Å²) in [5, 5.41) is 0. The topological polar surface area (TPSA) is 17.1 Å². The summed E-state index contributed by atoms with van der Waals surface area (Å²) < 4.78 is 0. The second kappa shape index (κ2) is 4.85. The standard InChI is InChI=1S/C18H18OS/c19-18(17-11-13-7-4-10-16(13)20-17)15-9-3-6-12-5-1-2-8-14(12)15/h1-2,5,8,11,15H,3-4,6-7,9-10H2. The molecule has 4 rings (SSSR count). The van der Waals surface area contributed by atoms with Crippen molar-refractivity contribution in [3.05, 3.63) is 56.8 Å². The lowest BCUT2D eigenvalue weighted by Crippen LogP contribution is -2.18. The van der Waals surface area contributed by atoms with Gasteiger partial charge in [0.25, 0.3) is 0 Å². The molecule has 1 heterocycles. The van der Waals surface area contributed by atoms with E-state index in [0.29, 0.717) is 5.78 Å². The normalized spacial score (nSPS) is 20.5. The average Bonchev–Trinajstić information content (AvgIpc) is 3.07. The minimum Gasteiger partial charge on any atom is -0.293 e. The first-order valence-electron chi connectivity index (χ1n) is 7.56. The van der Waals surface area contributed by atoms with Crippen LogP contribution >= 0.6 is 11.3 Å². The predicted molar refractivity (Wildman–Crippen MR) is 82.8 cm³/mol. The molecule has 2 aliphatic carbocycles. The van der Waals surface area contributed by atoms with Gasteiger partial charge < -0.3 is 0 Å². The fourth-order valence-electron chi connectivity index (χ4n) is 3.65. The van der Waals surface area contributed by atoms with Gasteiger partial charge in [0.05, 0.1) is 4.88 Å². The van der Waals surface area contributed by atoms with Crippen molar-refractivity contribution in [2.75, 3.05) is 0 Å². The summed E-state index contributed by atoms with van der Waals surface area (Å²) in [6.07, 6.45) is 6.88. The highest BCUT2D eigenvalue weighted by Gasteiger charge is 2.29. The fraction of sp³-hybridized carbons (Fsp3) is 0.389. The molecule has 2 aromatic rings. The van der Waals surface area contributed by atoms with Crippen LogP contribution in [0.2, 0.25) is 0 Å². The lowest BCUT2D eigenvalue weighted by molar-refractivity contribution is 0.0955. The van der Waals surface area contributed by atoms with Gasteiger partial charge in [0.1, 0.15) is 0 Å². The first-order valence-corrected chi connectivity index (χ1v) is 8.38. The molecular weight excluding hydrogens is 264 g/mol. The Morgan fingerprint density at radius 1 is 1.05 bits per heavy atom. The number of carbonyl (C=O) groups is 1. The van der Waals surface area contributed by atoms with Crippen molar-refractivity contribution in [2.24, 2.45) is 0 Å². The van der Waals surface area contributed by atoms with E-state index in [0.717, 1.165) is 24.1 Å². The summed E-state index contributed by atoms with van der Waals surface area (Å²) in [6.45, 7) is 0. The molecule has 0 radical (unpaired) electrons. The zero-order valence-corrected chi connectivity index (χ0v) is 12.3. The fourth-order valence-corrected chi connectivity index (χ4v) is 4.90. The van der Waals surface area contributed by atoms with Crippen LogP contribution in [0.5, 0.6) is 0 Å². The van der Waals surface area contributed by atoms with Gasteiger partial charge in [0.2, 0.25) is 0 Å². The van der Waals surface area contributed by atoms with Crippen LogP contribution in [0.25, 0.3) is 0 Å². The largest absolute Gasteiger partial charge is 0.293 e. The Morgan fingerprint density at radius 3 is 2.80 bits per heavy atom. The number of fused-ring (bicyclic) bond motifs is 2. The third kappa shape index (κ3) is 1.94. The molecule has 2 heteroatoms. The zero-order valence-electron chi connectivity index (χ0n) is 11.5. The maximum absolute atomic E-state index is 12.9. The number of Topliss-reactive ketones (excluding diaryl/α,β-unsaturated/α-hetero) is 1. The smallest absolute Gasteiger partial charge is 0.180 e. The number of ketones is 1. The number of hydrogen-bond donors (Lipinski definition) is 0. The molecule has 1 nitrogen and oxygen atoms in total. The summed E-state index contributed by atoms with van der Waals surface area (Å²) in [5.41, 5.74) is 4.08. The third-order valence-corrected chi connectivity index (χ3v) is 5.93. The minimum atomic E-state index is 0.0960. The van der Waals surface area contributed by atoms with Crippen molar-refractivity contribution < 1.29 is 4.79 Å². The van der Waals surface area contributed by atoms with Crippen LogP contribution in [-0.2, 0) is 19.3 Å². The van der Waals surface area contributed by atoms with E-state index in [1.54, 1.807) is 11.3 Å². The molecule has 1 atom stereocenters. The van der Waals surface area contributed by atoms with Crippen LogP contribution in [0.4, 0.5) is 0 Å². The van der Waals surface area contributed by atoms with Crippen molar-refractivity contribution in [1.82, 2.24) is 0 Å². The summed E-state index contributed by atoms with van der Waals surface area (Å²) in [4.78, 5) is 15.3. The van der Waals surface area contributed by atoms with Gasteiger partial charge >= 0.3 is 0 Å². The maximum Gasteiger partial charge on any atom is 0.180 e. The highest BCUT2D eigenvalue weighted by molar-refractivity contribution is 7.14. The number of thiophene rings is 1. The molecule has 0 fully saturated rings. The SMILES string of the molecule is O=C(c1cc2c(s1)CCC2)C1CCCc2ccccc21. The summed E-state index contributed by atoms with van der Waals surface area (Å²) >= 11 is 1.75. The average molecular weight is 282 g/mol. The van der Waals surface area contributed by atoms with Gasteiger partial charge in [-0.2, -0.15) is 0 Å².